The van der Waals surface area contributed by atoms with Gasteiger partial charge in [-0.15, -0.1) is 10.2 Å². The second-order valence-electron chi connectivity index (χ2n) is 8.76. The van der Waals surface area contributed by atoms with E-state index in [0.29, 0.717) is 0 Å². The minimum absolute atomic E-state index is 0.789. The number of hydrogen-bond acceptors (Lipinski definition) is 5. The van der Waals surface area contributed by atoms with Gasteiger partial charge in [0.1, 0.15) is 15.8 Å². The highest BCUT2D eigenvalue weighted by Gasteiger charge is 2.09. The number of aryl methyl sites for hydroxylation is 1. The van der Waals surface area contributed by atoms with Gasteiger partial charge < -0.3 is 4.74 Å². The third-order valence-corrected chi connectivity index (χ3v) is 6.92. The number of rotatable bonds is 16. The molecule has 0 amide bonds. The summed E-state index contributed by atoms with van der Waals surface area (Å²) in [4.78, 5) is 4.63. The Morgan fingerprint density at radius 3 is 1.94 bits per heavy atom. The van der Waals surface area contributed by atoms with Crippen molar-refractivity contribution in [2.45, 2.75) is 90.9 Å². The number of hydrogen-bond donors (Lipinski definition) is 0. The number of ether oxygens (including phenoxy) is 1. The molecule has 1 aromatic carbocycles. The second-order valence-corrected chi connectivity index (χ2v) is 9.73. The molecule has 0 spiro atoms. The molecule has 0 aliphatic heterocycles. The largest absolute Gasteiger partial charge is 0.494 e. The quantitative estimate of drug-likeness (QED) is 0.199. The van der Waals surface area contributed by atoms with E-state index in [9.17, 15) is 0 Å². The summed E-state index contributed by atoms with van der Waals surface area (Å²) < 4.78 is 5.91. The fraction of sp³-hybridized carbons (Fsp3) is 0.536. The third-order valence-electron chi connectivity index (χ3n) is 5.90. The van der Waals surface area contributed by atoms with Crippen LogP contribution < -0.4 is 4.74 Å². The molecule has 0 bridgehead atoms. The van der Waals surface area contributed by atoms with Crippen molar-refractivity contribution < 1.29 is 4.74 Å². The number of unbranched alkanes of at least 4 members (excludes halogenated alkanes) is 9. The molecular formula is C28H39N3OS. The van der Waals surface area contributed by atoms with Crippen LogP contribution in [0.1, 0.15) is 90.2 Å². The zero-order chi connectivity index (χ0) is 23.1. The molecule has 0 atom stereocenters. The van der Waals surface area contributed by atoms with Crippen LogP contribution >= 0.6 is 11.3 Å². The molecule has 4 nitrogen and oxygen atoms in total. The summed E-state index contributed by atoms with van der Waals surface area (Å²) in [5.41, 5.74) is 3.26. The van der Waals surface area contributed by atoms with Crippen LogP contribution in [-0.4, -0.2) is 21.8 Å². The number of nitrogens with zero attached hydrogens (tertiary/aromatic N) is 3. The summed E-state index contributed by atoms with van der Waals surface area (Å²) in [6.07, 6.45) is 17.1. The Hall–Kier alpha value is -2.27. The molecule has 33 heavy (non-hydrogen) atoms. The minimum atomic E-state index is 0.789. The van der Waals surface area contributed by atoms with E-state index in [0.717, 1.165) is 52.0 Å². The van der Waals surface area contributed by atoms with Gasteiger partial charge >= 0.3 is 0 Å². The second kappa shape index (κ2) is 14.8. The molecule has 0 N–H and O–H groups in total. The topological polar surface area (TPSA) is 47.9 Å². The molecule has 0 saturated carbocycles. The average molecular weight is 466 g/mol. The molecule has 0 radical (unpaired) electrons. The molecule has 0 aliphatic carbocycles. The maximum absolute atomic E-state index is 5.91. The molecule has 0 fully saturated rings. The van der Waals surface area contributed by atoms with E-state index in [1.165, 1.54) is 64.2 Å². The van der Waals surface area contributed by atoms with Crippen LogP contribution in [0.25, 0.3) is 21.1 Å². The van der Waals surface area contributed by atoms with Crippen molar-refractivity contribution in [2.75, 3.05) is 6.61 Å². The van der Waals surface area contributed by atoms with E-state index in [-0.39, 0.29) is 0 Å². The van der Waals surface area contributed by atoms with Crippen LogP contribution in [0.3, 0.4) is 0 Å². The summed E-state index contributed by atoms with van der Waals surface area (Å²) >= 11 is 1.60. The number of benzene rings is 1. The lowest BCUT2D eigenvalue weighted by atomic mass is 10.1. The summed E-state index contributed by atoms with van der Waals surface area (Å²) in [6.45, 7) is 5.29. The molecule has 3 aromatic rings. The van der Waals surface area contributed by atoms with Gasteiger partial charge in [0, 0.05) is 23.0 Å². The Morgan fingerprint density at radius 1 is 0.667 bits per heavy atom. The fourth-order valence-corrected chi connectivity index (χ4v) is 4.67. The van der Waals surface area contributed by atoms with Crippen molar-refractivity contribution in [1.82, 2.24) is 15.2 Å². The van der Waals surface area contributed by atoms with E-state index in [1.54, 1.807) is 11.3 Å². The van der Waals surface area contributed by atoms with E-state index in [4.69, 9.17) is 4.74 Å². The van der Waals surface area contributed by atoms with E-state index in [2.05, 4.69) is 53.3 Å². The van der Waals surface area contributed by atoms with Gasteiger partial charge in [-0.1, -0.05) is 83.0 Å². The smallest absolute Gasteiger partial charge is 0.149 e. The predicted molar refractivity (Wildman–Crippen MR) is 140 cm³/mol. The highest BCUT2D eigenvalue weighted by molar-refractivity contribution is 7.17. The molecule has 0 saturated heterocycles. The monoisotopic (exact) mass is 465 g/mol. The standard InChI is InChI=1S/C28H39N3OS/c1-3-5-7-9-10-11-13-21-32-26-19-16-23(17-20-26)27-30-31-28(33-27)24-15-18-25(29-22-24)14-12-8-6-4-2/h15-20,22H,3-14,21H2,1-2H3. The summed E-state index contributed by atoms with van der Waals surface area (Å²) in [7, 11) is 0. The SMILES string of the molecule is CCCCCCCCCOc1ccc(-c2nnc(-c3ccc(CCCCCC)nc3)s2)cc1. The lowest BCUT2D eigenvalue weighted by Crippen LogP contribution is -1.97. The normalized spacial score (nSPS) is 11.1. The first-order valence-corrected chi connectivity index (χ1v) is 13.6. The zero-order valence-corrected chi connectivity index (χ0v) is 21.2. The van der Waals surface area contributed by atoms with Crippen molar-refractivity contribution in [2.24, 2.45) is 0 Å². The number of aromatic nitrogens is 3. The van der Waals surface area contributed by atoms with Gasteiger partial charge in [0.15, 0.2) is 0 Å². The molecule has 2 aromatic heterocycles. The Morgan fingerprint density at radius 2 is 1.27 bits per heavy atom. The summed E-state index contributed by atoms with van der Waals surface area (Å²) in [6, 6.07) is 12.5. The summed E-state index contributed by atoms with van der Waals surface area (Å²) in [5, 5.41) is 10.6. The van der Waals surface area contributed by atoms with Gasteiger partial charge in [0.05, 0.1) is 6.61 Å². The number of pyridine rings is 1. The van der Waals surface area contributed by atoms with Crippen molar-refractivity contribution >= 4 is 11.3 Å². The van der Waals surface area contributed by atoms with Crippen molar-refractivity contribution in [3.05, 3.63) is 48.3 Å². The Kier molecular flexibility index (Phi) is 11.4. The van der Waals surface area contributed by atoms with E-state index < -0.39 is 0 Å². The van der Waals surface area contributed by atoms with Gasteiger partial charge in [-0.2, -0.15) is 0 Å². The Labute approximate surface area is 203 Å². The van der Waals surface area contributed by atoms with Gasteiger partial charge in [0.2, 0.25) is 0 Å². The molecule has 178 valence electrons. The molecule has 0 aliphatic rings. The molecule has 5 heteroatoms. The molecular weight excluding hydrogens is 426 g/mol. The fourth-order valence-electron chi connectivity index (χ4n) is 3.83. The molecule has 3 rings (SSSR count). The average Bonchev–Trinajstić information content (AvgIpc) is 3.35. The Bertz CT molecular complexity index is 906. The lowest BCUT2D eigenvalue weighted by molar-refractivity contribution is 0.304. The molecule has 0 unspecified atom stereocenters. The van der Waals surface area contributed by atoms with Crippen molar-refractivity contribution in [1.29, 1.82) is 0 Å². The van der Waals surface area contributed by atoms with Crippen LogP contribution in [-0.2, 0) is 6.42 Å². The van der Waals surface area contributed by atoms with Gasteiger partial charge in [-0.25, -0.2) is 0 Å². The first-order chi connectivity index (χ1) is 16.3. The predicted octanol–water partition coefficient (Wildman–Crippen LogP) is 8.52. The van der Waals surface area contributed by atoms with Gasteiger partial charge in [-0.3, -0.25) is 4.98 Å². The van der Waals surface area contributed by atoms with E-state index >= 15 is 0 Å². The third kappa shape index (κ3) is 8.88. The maximum Gasteiger partial charge on any atom is 0.149 e. The van der Waals surface area contributed by atoms with Crippen LogP contribution in [0.2, 0.25) is 0 Å². The highest BCUT2D eigenvalue weighted by atomic mass is 32.1. The van der Waals surface area contributed by atoms with Crippen molar-refractivity contribution in [3.63, 3.8) is 0 Å². The minimum Gasteiger partial charge on any atom is -0.494 e. The van der Waals surface area contributed by atoms with Gasteiger partial charge in [-0.05, 0) is 55.7 Å². The van der Waals surface area contributed by atoms with Crippen LogP contribution in [0.5, 0.6) is 5.75 Å². The lowest BCUT2D eigenvalue weighted by Gasteiger charge is -2.06. The van der Waals surface area contributed by atoms with Crippen LogP contribution in [0, 0.1) is 0 Å². The maximum atomic E-state index is 5.91. The Balaban J connectivity index is 1.44. The van der Waals surface area contributed by atoms with Gasteiger partial charge in [0.25, 0.3) is 0 Å². The van der Waals surface area contributed by atoms with Crippen LogP contribution in [0.4, 0.5) is 0 Å². The first kappa shape index (κ1) is 25.4. The highest BCUT2D eigenvalue weighted by Crippen LogP contribution is 2.30. The van der Waals surface area contributed by atoms with Crippen LogP contribution in [0.15, 0.2) is 42.6 Å². The summed E-state index contributed by atoms with van der Waals surface area (Å²) in [5.74, 6) is 0.924. The molecule has 2 heterocycles. The van der Waals surface area contributed by atoms with Crippen molar-refractivity contribution in [3.8, 4) is 26.9 Å². The van der Waals surface area contributed by atoms with E-state index in [1.807, 2.05) is 18.3 Å². The zero-order valence-electron chi connectivity index (χ0n) is 20.4. The first-order valence-electron chi connectivity index (χ1n) is 12.8.